The quantitative estimate of drug-likeness (QED) is 0.865. The Balaban J connectivity index is 2.58. The normalized spacial score (nSPS) is 13.8. The van der Waals surface area contributed by atoms with Crippen molar-refractivity contribution in [3.8, 4) is 0 Å². The third kappa shape index (κ3) is 2.39. The number of nitrogens with one attached hydrogen (secondary N) is 1. The van der Waals surface area contributed by atoms with Crippen molar-refractivity contribution >= 4 is 10.9 Å². The van der Waals surface area contributed by atoms with Crippen molar-refractivity contribution < 1.29 is 0 Å². The van der Waals surface area contributed by atoms with Crippen LogP contribution in [0.5, 0.6) is 0 Å². The monoisotopic (exact) mass is 242 g/mol. The lowest BCUT2D eigenvalue weighted by Crippen LogP contribution is -2.30. The van der Waals surface area contributed by atoms with Crippen LogP contribution in [-0.4, -0.2) is 12.0 Å². The first-order valence-electron chi connectivity index (χ1n) is 6.47. The lowest BCUT2D eigenvalue weighted by atomic mass is 9.84. The third-order valence-corrected chi connectivity index (χ3v) is 3.39. The molecule has 0 spiro atoms. The predicted molar refractivity (Wildman–Crippen MR) is 77.7 cm³/mol. The molecule has 0 saturated carbocycles. The van der Waals surface area contributed by atoms with Crippen molar-refractivity contribution in [2.75, 3.05) is 7.05 Å². The zero-order valence-corrected chi connectivity index (χ0v) is 11.9. The van der Waals surface area contributed by atoms with Gasteiger partial charge in [-0.15, -0.1) is 0 Å². The Morgan fingerprint density at radius 3 is 2.44 bits per heavy atom. The zero-order chi connectivity index (χ0) is 13.3. The van der Waals surface area contributed by atoms with Gasteiger partial charge in [-0.05, 0) is 37.1 Å². The molecule has 1 N–H and O–H groups in total. The first kappa shape index (κ1) is 13.0. The van der Waals surface area contributed by atoms with Crippen molar-refractivity contribution in [3.63, 3.8) is 0 Å². The van der Waals surface area contributed by atoms with Gasteiger partial charge in [-0.25, -0.2) is 0 Å². The van der Waals surface area contributed by atoms with Gasteiger partial charge in [0.25, 0.3) is 0 Å². The SMILES string of the molecule is CNC(c1cc(C)c2ccccc2n1)C(C)(C)C. The molecular formula is C16H22N2. The summed E-state index contributed by atoms with van der Waals surface area (Å²) < 4.78 is 0. The maximum Gasteiger partial charge on any atom is 0.0708 e. The highest BCUT2D eigenvalue weighted by atomic mass is 14.9. The van der Waals surface area contributed by atoms with Gasteiger partial charge in [0.2, 0.25) is 0 Å². The van der Waals surface area contributed by atoms with E-state index in [1.54, 1.807) is 0 Å². The number of para-hydroxylation sites is 1. The van der Waals surface area contributed by atoms with Gasteiger partial charge in [0.15, 0.2) is 0 Å². The number of fused-ring (bicyclic) bond motifs is 1. The van der Waals surface area contributed by atoms with Crippen molar-refractivity contribution in [1.82, 2.24) is 10.3 Å². The maximum absolute atomic E-state index is 4.81. The second-order valence-corrected chi connectivity index (χ2v) is 5.97. The van der Waals surface area contributed by atoms with Gasteiger partial charge in [0.1, 0.15) is 0 Å². The lowest BCUT2D eigenvalue weighted by molar-refractivity contribution is 0.282. The summed E-state index contributed by atoms with van der Waals surface area (Å²) in [6.07, 6.45) is 0. The van der Waals surface area contributed by atoms with E-state index in [1.165, 1.54) is 10.9 Å². The highest BCUT2D eigenvalue weighted by Crippen LogP contribution is 2.32. The fourth-order valence-electron chi connectivity index (χ4n) is 2.55. The minimum absolute atomic E-state index is 0.149. The zero-order valence-electron chi connectivity index (χ0n) is 11.9. The van der Waals surface area contributed by atoms with E-state index in [1.807, 2.05) is 13.1 Å². The Morgan fingerprint density at radius 1 is 1.17 bits per heavy atom. The summed E-state index contributed by atoms with van der Waals surface area (Å²) in [4.78, 5) is 4.81. The molecule has 0 amide bonds. The first-order valence-corrected chi connectivity index (χ1v) is 6.47. The van der Waals surface area contributed by atoms with E-state index in [-0.39, 0.29) is 11.5 Å². The molecule has 0 aliphatic rings. The topological polar surface area (TPSA) is 24.9 Å². The summed E-state index contributed by atoms with van der Waals surface area (Å²) in [6, 6.07) is 10.8. The number of benzene rings is 1. The van der Waals surface area contributed by atoms with Gasteiger partial charge in [-0.1, -0.05) is 39.0 Å². The van der Waals surface area contributed by atoms with E-state index < -0.39 is 0 Å². The smallest absolute Gasteiger partial charge is 0.0708 e. The number of aromatic nitrogens is 1. The average molecular weight is 242 g/mol. The molecule has 2 nitrogen and oxygen atoms in total. The highest BCUT2D eigenvalue weighted by Gasteiger charge is 2.26. The number of nitrogens with zero attached hydrogens (tertiary/aromatic N) is 1. The fraction of sp³-hybridized carbons (Fsp3) is 0.438. The number of hydrogen-bond acceptors (Lipinski definition) is 2. The molecular weight excluding hydrogens is 220 g/mol. The number of pyridine rings is 1. The van der Waals surface area contributed by atoms with Crippen molar-refractivity contribution in [3.05, 3.63) is 41.6 Å². The van der Waals surface area contributed by atoms with E-state index in [4.69, 9.17) is 4.98 Å². The van der Waals surface area contributed by atoms with Crippen LogP contribution in [0.3, 0.4) is 0 Å². The summed E-state index contributed by atoms with van der Waals surface area (Å²) >= 11 is 0. The second-order valence-electron chi connectivity index (χ2n) is 5.97. The molecule has 2 aromatic rings. The van der Waals surface area contributed by atoms with Crippen LogP contribution in [0.4, 0.5) is 0 Å². The molecule has 0 saturated heterocycles. The Bertz CT molecular complexity index is 553. The Hall–Kier alpha value is -1.41. The molecule has 0 aliphatic carbocycles. The summed E-state index contributed by atoms with van der Waals surface area (Å²) in [5.74, 6) is 0. The molecule has 96 valence electrons. The molecule has 18 heavy (non-hydrogen) atoms. The van der Waals surface area contributed by atoms with Gasteiger partial charge in [0, 0.05) is 5.39 Å². The van der Waals surface area contributed by atoms with Crippen molar-refractivity contribution in [1.29, 1.82) is 0 Å². The highest BCUT2D eigenvalue weighted by molar-refractivity contribution is 5.82. The van der Waals surface area contributed by atoms with Crippen LogP contribution in [0.15, 0.2) is 30.3 Å². The van der Waals surface area contributed by atoms with Crippen LogP contribution in [0.2, 0.25) is 0 Å². The molecule has 0 bridgehead atoms. The predicted octanol–water partition coefficient (Wildman–Crippen LogP) is 3.85. The van der Waals surface area contributed by atoms with E-state index in [0.717, 1.165) is 11.2 Å². The van der Waals surface area contributed by atoms with Crippen LogP contribution in [0.1, 0.15) is 38.1 Å². The third-order valence-electron chi connectivity index (χ3n) is 3.39. The van der Waals surface area contributed by atoms with Gasteiger partial charge in [0.05, 0.1) is 17.3 Å². The average Bonchev–Trinajstić information content (AvgIpc) is 2.28. The Labute approximate surface area is 109 Å². The molecule has 1 atom stereocenters. The first-order chi connectivity index (χ1) is 8.43. The van der Waals surface area contributed by atoms with E-state index in [0.29, 0.717) is 0 Å². The maximum atomic E-state index is 4.81. The van der Waals surface area contributed by atoms with E-state index >= 15 is 0 Å². The summed E-state index contributed by atoms with van der Waals surface area (Å²) in [5.41, 5.74) is 3.65. The summed E-state index contributed by atoms with van der Waals surface area (Å²) in [5, 5.41) is 4.63. The molecule has 1 aromatic heterocycles. The molecule has 1 aromatic carbocycles. The van der Waals surface area contributed by atoms with Crippen LogP contribution < -0.4 is 5.32 Å². The van der Waals surface area contributed by atoms with E-state index in [9.17, 15) is 0 Å². The van der Waals surface area contributed by atoms with E-state index in [2.05, 4.69) is 57.3 Å². The standard InChI is InChI=1S/C16H22N2/c1-11-10-14(15(17-5)16(2,3)4)18-13-9-7-6-8-12(11)13/h6-10,15,17H,1-5H3. The minimum Gasteiger partial charge on any atom is -0.311 e. The molecule has 1 unspecified atom stereocenters. The fourth-order valence-corrected chi connectivity index (χ4v) is 2.55. The molecule has 1 heterocycles. The van der Waals surface area contributed by atoms with Gasteiger partial charge in [-0.3, -0.25) is 4.98 Å². The molecule has 0 aliphatic heterocycles. The number of aryl methyl sites for hydroxylation is 1. The minimum atomic E-state index is 0.149. The summed E-state index contributed by atoms with van der Waals surface area (Å²) in [6.45, 7) is 8.87. The number of hydrogen-bond donors (Lipinski definition) is 1. The van der Waals surface area contributed by atoms with Gasteiger partial charge < -0.3 is 5.32 Å². The molecule has 2 rings (SSSR count). The largest absolute Gasteiger partial charge is 0.311 e. The van der Waals surface area contributed by atoms with Crippen molar-refractivity contribution in [2.45, 2.75) is 33.7 Å². The van der Waals surface area contributed by atoms with Crippen LogP contribution in [0, 0.1) is 12.3 Å². The number of rotatable bonds is 2. The van der Waals surface area contributed by atoms with Crippen LogP contribution in [-0.2, 0) is 0 Å². The second kappa shape index (κ2) is 4.69. The van der Waals surface area contributed by atoms with Crippen LogP contribution in [0.25, 0.3) is 10.9 Å². The van der Waals surface area contributed by atoms with Crippen molar-refractivity contribution in [2.24, 2.45) is 5.41 Å². The van der Waals surface area contributed by atoms with Gasteiger partial charge >= 0.3 is 0 Å². The van der Waals surface area contributed by atoms with Gasteiger partial charge in [-0.2, -0.15) is 0 Å². The lowest BCUT2D eigenvalue weighted by Gasteiger charge is -2.30. The van der Waals surface area contributed by atoms with Crippen LogP contribution >= 0.6 is 0 Å². The molecule has 0 radical (unpaired) electrons. The molecule has 0 fully saturated rings. The summed E-state index contributed by atoms with van der Waals surface area (Å²) in [7, 11) is 2.00. The Kier molecular flexibility index (Phi) is 3.40. The Morgan fingerprint density at radius 2 is 1.83 bits per heavy atom. The molecule has 2 heteroatoms.